The maximum atomic E-state index is 6.46. The van der Waals surface area contributed by atoms with Gasteiger partial charge in [-0.2, -0.15) is 29.2 Å². The number of hydrogen-bond acceptors (Lipinski definition) is 6. The Hall–Kier alpha value is -2.32. The predicted molar refractivity (Wildman–Crippen MR) is 83.9 cm³/mol. The molecule has 0 amide bonds. The topological polar surface area (TPSA) is 86.2 Å². The molecule has 4 heterocycles. The van der Waals surface area contributed by atoms with Gasteiger partial charge in [0.25, 0.3) is 11.6 Å². The number of rotatable bonds is 2. The average molecular weight is 349 g/mol. The van der Waals surface area contributed by atoms with Gasteiger partial charge in [-0.1, -0.05) is 23.2 Å². The van der Waals surface area contributed by atoms with Crippen LogP contribution in [0.2, 0.25) is 10.3 Å². The molecule has 10 heteroatoms. The van der Waals surface area contributed by atoms with E-state index >= 15 is 0 Å². The van der Waals surface area contributed by atoms with Gasteiger partial charge in [0.1, 0.15) is 23.0 Å². The molecule has 0 radical (unpaired) electrons. The van der Waals surface area contributed by atoms with Gasteiger partial charge in [-0.3, -0.25) is 0 Å². The average Bonchev–Trinajstić information content (AvgIpc) is 3.15. The second-order valence-corrected chi connectivity index (χ2v) is 5.77. The van der Waals surface area contributed by atoms with E-state index in [1.807, 2.05) is 13.8 Å². The van der Waals surface area contributed by atoms with E-state index in [1.54, 1.807) is 0 Å². The van der Waals surface area contributed by atoms with Crippen molar-refractivity contribution in [2.45, 2.75) is 20.3 Å². The maximum Gasteiger partial charge on any atom is 0.253 e. The van der Waals surface area contributed by atoms with Crippen LogP contribution in [-0.4, -0.2) is 39.2 Å². The Bertz CT molecular complexity index is 967. The lowest BCUT2D eigenvalue weighted by Crippen LogP contribution is -2.08. The highest BCUT2D eigenvalue weighted by molar-refractivity contribution is 6.31. The Balaban J connectivity index is 1.91. The lowest BCUT2D eigenvalue weighted by Gasteiger charge is -2.12. The van der Waals surface area contributed by atoms with Crippen LogP contribution in [0.4, 0.5) is 0 Å². The minimum absolute atomic E-state index is 0.458. The third-order valence-corrected chi connectivity index (χ3v) is 4.47. The van der Waals surface area contributed by atoms with E-state index in [1.165, 1.54) is 21.7 Å². The van der Waals surface area contributed by atoms with Crippen molar-refractivity contribution in [3.8, 4) is 0 Å². The van der Waals surface area contributed by atoms with Crippen molar-refractivity contribution in [1.29, 1.82) is 0 Å². The second kappa shape index (κ2) is 5.10. The Morgan fingerprint density at radius 3 is 1.70 bits per heavy atom. The summed E-state index contributed by atoms with van der Waals surface area (Å²) < 4.78 is 2.99. The second-order valence-electron chi connectivity index (χ2n) is 5.05. The van der Waals surface area contributed by atoms with Crippen molar-refractivity contribution < 1.29 is 0 Å². The van der Waals surface area contributed by atoms with E-state index in [9.17, 15) is 0 Å². The first kappa shape index (κ1) is 14.3. The van der Waals surface area contributed by atoms with Crippen LogP contribution >= 0.6 is 23.2 Å². The molecule has 0 fully saturated rings. The molecule has 8 nitrogen and oxygen atoms in total. The minimum Gasteiger partial charge on any atom is -0.216 e. The fourth-order valence-corrected chi connectivity index (χ4v) is 3.11. The third-order valence-electron chi connectivity index (χ3n) is 3.69. The van der Waals surface area contributed by atoms with Gasteiger partial charge in [0.2, 0.25) is 0 Å². The minimum atomic E-state index is 0.458. The summed E-state index contributed by atoms with van der Waals surface area (Å²) in [5, 5.41) is 9.08. The van der Waals surface area contributed by atoms with Crippen molar-refractivity contribution in [2.24, 2.45) is 0 Å². The molecule has 0 saturated heterocycles. The van der Waals surface area contributed by atoms with Gasteiger partial charge in [-0.05, 0) is 13.8 Å². The van der Waals surface area contributed by atoms with E-state index in [0.29, 0.717) is 28.3 Å². The molecule has 0 bridgehead atoms. The number of aryl methyl sites for hydroxylation is 2. The van der Waals surface area contributed by atoms with Gasteiger partial charge < -0.3 is 0 Å². The summed E-state index contributed by atoms with van der Waals surface area (Å²) in [4.78, 5) is 16.9. The van der Waals surface area contributed by atoms with Crippen molar-refractivity contribution in [3.05, 3.63) is 45.5 Å². The van der Waals surface area contributed by atoms with E-state index in [4.69, 9.17) is 23.2 Å². The fraction of sp³-hybridized carbons (Fsp3) is 0.231. The quantitative estimate of drug-likeness (QED) is 0.515. The van der Waals surface area contributed by atoms with Gasteiger partial charge in [-0.25, -0.2) is 9.97 Å². The largest absolute Gasteiger partial charge is 0.253 e. The first-order valence-electron chi connectivity index (χ1n) is 6.75. The molecule has 0 spiro atoms. The molecule has 0 N–H and O–H groups in total. The fourth-order valence-electron chi connectivity index (χ4n) is 2.47. The molecule has 0 atom stereocenters. The summed E-state index contributed by atoms with van der Waals surface area (Å²) in [6.45, 7) is 3.75. The Labute approximate surface area is 140 Å². The number of fused-ring (bicyclic) bond motifs is 2. The summed E-state index contributed by atoms with van der Waals surface area (Å²) in [7, 11) is 0. The molecule has 116 valence electrons. The van der Waals surface area contributed by atoms with Crippen molar-refractivity contribution in [1.82, 2.24) is 39.2 Å². The van der Waals surface area contributed by atoms with Gasteiger partial charge in [0.05, 0.1) is 0 Å². The molecule has 4 aromatic rings. The van der Waals surface area contributed by atoms with Crippen molar-refractivity contribution in [3.63, 3.8) is 0 Å². The van der Waals surface area contributed by atoms with E-state index < -0.39 is 0 Å². The van der Waals surface area contributed by atoms with E-state index in [2.05, 4.69) is 30.1 Å². The van der Waals surface area contributed by atoms with Gasteiger partial charge in [0, 0.05) is 28.9 Å². The van der Waals surface area contributed by atoms with Crippen LogP contribution in [0.1, 0.15) is 22.5 Å². The maximum absolute atomic E-state index is 6.46. The molecular weight excluding hydrogens is 339 g/mol. The normalized spacial score (nSPS) is 11.7. The zero-order valence-electron chi connectivity index (χ0n) is 12.2. The summed E-state index contributed by atoms with van der Waals surface area (Å²) >= 11 is 12.9. The number of halogens is 2. The van der Waals surface area contributed by atoms with Crippen LogP contribution in [0.15, 0.2) is 12.7 Å². The number of hydrogen-bond donors (Lipinski definition) is 0. The Morgan fingerprint density at radius 1 is 0.826 bits per heavy atom. The standard InChI is InChI=1S/C13H10Cl2N8/c1-6-8(10(14)22-12(20-6)16-4-18-22)3-9-7(2)21-13-17-5-19-23(13)11(9)15/h4-5H,3H2,1-2H3. The molecular formula is C13H10Cl2N8. The molecule has 0 saturated carbocycles. The Morgan fingerprint density at radius 2 is 1.26 bits per heavy atom. The van der Waals surface area contributed by atoms with Gasteiger partial charge >= 0.3 is 0 Å². The third kappa shape index (κ3) is 2.13. The lowest BCUT2D eigenvalue weighted by atomic mass is 10.1. The van der Waals surface area contributed by atoms with Crippen molar-refractivity contribution in [2.75, 3.05) is 0 Å². The van der Waals surface area contributed by atoms with Crippen LogP contribution in [-0.2, 0) is 6.42 Å². The molecule has 0 unspecified atom stereocenters. The van der Waals surface area contributed by atoms with Gasteiger partial charge in [-0.15, -0.1) is 0 Å². The first-order chi connectivity index (χ1) is 11.1. The predicted octanol–water partition coefficient (Wildman–Crippen LogP) is 2.08. The Kier molecular flexibility index (Phi) is 3.17. The molecule has 23 heavy (non-hydrogen) atoms. The zero-order chi connectivity index (χ0) is 16.1. The number of nitrogens with zero attached hydrogens (tertiary/aromatic N) is 8. The van der Waals surface area contributed by atoms with Crippen LogP contribution < -0.4 is 0 Å². The molecule has 4 rings (SSSR count). The highest BCUT2D eigenvalue weighted by atomic mass is 35.5. The molecule has 0 aliphatic heterocycles. The summed E-state index contributed by atoms with van der Waals surface area (Å²) in [5.74, 6) is 0.924. The number of aromatic nitrogens is 8. The summed E-state index contributed by atoms with van der Waals surface area (Å²) in [6.07, 6.45) is 3.29. The van der Waals surface area contributed by atoms with Crippen LogP contribution in [0.25, 0.3) is 11.6 Å². The van der Waals surface area contributed by atoms with E-state index in [-0.39, 0.29) is 0 Å². The monoisotopic (exact) mass is 348 g/mol. The van der Waals surface area contributed by atoms with Crippen molar-refractivity contribution >= 4 is 34.8 Å². The molecule has 0 aromatic carbocycles. The highest BCUT2D eigenvalue weighted by Crippen LogP contribution is 2.27. The molecule has 0 aliphatic carbocycles. The van der Waals surface area contributed by atoms with Gasteiger partial charge in [0.15, 0.2) is 0 Å². The summed E-state index contributed by atoms with van der Waals surface area (Å²) in [6, 6.07) is 0. The smallest absolute Gasteiger partial charge is 0.216 e. The van der Waals surface area contributed by atoms with Crippen LogP contribution in [0.5, 0.6) is 0 Å². The molecule has 0 aliphatic rings. The van der Waals surface area contributed by atoms with Crippen LogP contribution in [0, 0.1) is 13.8 Å². The SMILES string of the molecule is Cc1nc2ncnn2c(Cl)c1Cc1c(C)nc2ncnn2c1Cl. The molecule has 4 aromatic heterocycles. The van der Waals surface area contributed by atoms with Crippen LogP contribution in [0.3, 0.4) is 0 Å². The highest BCUT2D eigenvalue weighted by Gasteiger charge is 2.18. The zero-order valence-corrected chi connectivity index (χ0v) is 13.7. The first-order valence-corrected chi connectivity index (χ1v) is 7.51. The summed E-state index contributed by atoms with van der Waals surface area (Å²) in [5.41, 5.74) is 3.17. The lowest BCUT2D eigenvalue weighted by molar-refractivity contribution is 0.876. The van der Waals surface area contributed by atoms with E-state index in [0.717, 1.165) is 22.5 Å².